The summed E-state index contributed by atoms with van der Waals surface area (Å²) < 4.78 is 0. The Bertz CT molecular complexity index is 368. The Morgan fingerprint density at radius 3 is 2.21 bits per heavy atom. The van der Waals surface area contributed by atoms with Crippen LogP contribution in [0.25, 0.3) is 0 Å². The van der Waals surface area contributed by atoms with Gasteiger partial charge in [-0.15, -0.1) is 0 Å². The molecular formula is C11H14NO2. The van der Waals surface area contributed by atoms with Crippen LogP contribution in [-0.4, -0.2) is 5.54 Å². The van der Waals surface area contributed by atoms with Gasteiger partial charge >= 0.3 is 0 Å². The molecule has 0 N–H and O–H groups in total. The molecule has 0 aliphatic rings. The summed E-state index contributed by atoms with van der Waals surface area (Å²) in [6, 6.07) is 7.98. The minimum Gasteiger partial charge on any atom is -0.288 e. The first-order chi connectivity index (χ1) is 6.43. The number of nitrogens with zero attached hydrogens (tertiary/aromatic N) is 1. The molecule has 0 bridgehead atoms. The molecule has 0 heterocycles. The number of hydrogen-bond acceptors (Lipinski definition) is 2. The number of rotatable bonds is 1. The van der Waals surface area contributed by atoms with Gasteiger partial charge in [0.25, 0.3) is 0 Å². The quantitative estimate of drug-likeness (QED) is 0.638. The van der Waals surface area contributed by atoms with Crippen molar-refractivity contribution >= 4 is 5.69 Å². The molecule has 1 aromatic rings. The van der Waals surface area contributed by atoms with Crippen molar-refractivity contribution in [2.24, 2.45) is 0 Å². The van der Waals surface area contributed by atoms with Crippen molar-refractivity contribution < 1.29 is 5.21 Å². The maximum Gasteiger partial charge on any atom is 0.204 e. The topological polar surface area (TPSA) is 40.2 Å². The highest BCUT2D eigenvalue weighted by Crippen LogP contribution is 2.17. The molecule has 3 nitrogen and oxygen atoms in total. The van der Waals surface area contributed by atoms with Crippen LogP contribution in [-0.2, 0) is 5.21 Å². The zero-order valence-electron chi connectivity index (χ0n) is 8.65. The monoisotopic (exact) mass is 192 g/mol. The predicted molar refractivity (Wildman–Crippen MR) is 55.6 cm³/mol. The van der Waals surface area contributed by atoms with Crippen LogP contribution in [0.15, 0.2) is 35.1 Å². The molecule has 75 valence electrons. The molecule has 0 spiro atoms. The Kier molecular flexibility index (Phi) is 2.91. The summed E-state index contributed by atoms with van der Waals surface area (Å²) >= 11 is 0. The van der Waals surface area contributed by atoms with E-state index >= 15 is 0 Å². The molecule has 1 aromatic carbocycles. The van der Waals surface area contributed by atoms with Gasteiger partial charge < -0.3 is 0 Å². The zero-order chi connectivity index (χ0) is 10.8. The zero-order valence-corrected chi connectivity index (χ0v) is 8.65. The molecule has 1 rings (SSSR count). The average Bonchev–Trinajstić information content (AvgIpc) is 2.27. The number of anilines is 1. The van der Waals surface area contributed by atoms with Crippen LogP contribution in [0, 0.1) is 0 Å². The Morgan fingerprint density at radius 2 is 1.64 bits per heavy atom. The SMILES string of the molecule is CC(C)(C)N([O])c1cccccc1=O. The normalized spacial score (nSPS) is 11.1. The van der Waals surface area contributed by atoms with E-state index in [1.165, 1.54) is 6.07 Å². The second-order valence-electron chi connectivity index (χ2n) is 4.13. The van der Waals surface area contributed by atoms with Crippen molar-refractivity contribution in [1.29, 1.82) is 0 Å². The van der Waals surface area contributed by atoms with Gasteiger partial charge in [-0.3, -0.25) is 4.79 Å². The highest BCUT2D eigenvalue weighted by Gasteiger charge is 2.22. The lowest BCUT2D eigenvalue weighted by molar-refractivity contribution is 0.101. The third kappa shape index (κ3) is 2.33. The molecule has 0 saturated heterocycles. The first-order valence-electron chi connectivity index (χ1n) is 4.49. The molecule has 14 heavy (non-hydrogen) atoms. The molecule has 0 aromatic heterocycles. The fraction of sp³-hybridized carbons (Fsp3) is 0.364. The largest absolute Gasteiger partial charge is 0.288 e. The van der Waals surface area contributed by atoms with E-state index < -0.39 is 5.54 Å². The van der Waals surface area contributed by atoms with Crippen LogP contribution in [0.4, 0.5) is 5.69 Å². The van der Waals surface area contributed by atoms with Crippen LogP contribution in [0.5, 0.6) is 0 Å². The third-order valence-electron chi connectivity index (χ3n) is 1.80. The number of hydroxylamine groups is 1. The van der Waals surface area contributed by atoms with Gasteiger partial charge in [0.2, 0.25) is 5.43 Å². The lowest BCUT2D eigenvalue weighted by atomic mass is 10.1. The summed E-state index contributed by atoms with van der Waals surface area (Å²) in [4.78, 5) is 11.5. The summed E-state index contributed by atoms with van der Waals surface area (Å²) in [5, 5.41) is 12.5. The minimum absolute atomic E-state index is 0.183. The van der Waals surface area contributed by atoms with Gasteiger partial charge in [-0.25, -0.2) is 5.06 Å². The van der Waals surface area contributed by atoms with E-state index in [1.807, 2.05) is 0 Å². The van der Waals surface area contributed by atoms with Gasteiger partial charge in [0.1, 0.15) is 5.69 Å². The van der Waals surface area contributed by atoms with Crippen molar-refractivity contribution in [2.75, 3.05) is 5.06 Å². The fourth-order valence-corrected chi connectivity index (χ4v) is 1.05. The van der Waals surface area contributed by atoms with E-state index in [-0.39, 0.29) is 11.1 Å². The van der Waals surface area contributed by atoms with Crippen molar-refractivity contribution in [3.8, 4) is 0 Å². The van der Waals surface area contributed by atoms with Crippen molar-refractivity contribution in [3.05, 3.63) is 40.6 Å². The van der Waals surface area contributed by atoms with Gasteiger partial charge in [0.15, 0.2) is 0 Å². The van der Waals surface area contributed by atoms with E-state index in [1.54, 1.807) is 45.0 Å². The first-order valence-corrected chi connectivity index (χ1v) is 4.49. The van der Waals surface area contributed by atoms with Gasteiger partial charge in [0, 0.05) is 0 Å². The summed E-state index contributed by atoms with van der Waals surface area (Å²) in [6.07, 6.45) is 0. The van der Waals surface area contributed by atoms with Gasteiger partial charge in [-0.05, 0) is 32.9 Å². The molecule has 0 unspecified atom stereocenters. The standard InChI is InChI=1S/C11H14NO2/c1-11(2,3)12(14)9-7-5-4-6-8-10(9)13/h4-8H,1-3H3. The molecule has 3 heteroatoms. The van der Waals surface area contributed by atoms with Crippen LogP contribution >= 0.6 is 0 Å². The maximum absolute atomic E-state index is 11.7. The Morgan fingerprint density at radius 1 is 1.07 bits per heavy atom. The highest BCUT2D eigenvalue weighted by molar-refractivity contribution is 5.44. The fourth-order valence-electron chi connectivity index (χ4n) is 1.05. The summed E-state index contributed by atoms with van der Waals surface area (Å²) in [5.74, 6) is 0. The first kappa shape index (κ1) is 10.7. The molecule has 1 radical (unpaired) electrons. The van der Waals surface area contributed by atoms with Gasteiger partial charge in [0.05, 0.1) is 5.54 Å². The van der Waals surface area contributed by atoms with E-state index in [2.05, 4.69) is 0 Å². The molecule has 0 fully saturated rings. The van der Waals surface area contributed by atoms with E-state index in [9.17, 15) is 10.0 Å². The van der Waals surface area contributed by atoms with Crippen molar-refractivity contribution in [2.45, 2.75) is 26.3 Å². The molecule has 0 saturated carbocycles. The van der Waals surface area contributed by atoms with E-state index in [0.29, 0.717) is 0 Å². The highest BCUT2D eigenvalue weighted by atomic mass is 16.5. The molecule has 0 aliphatic carbocycles. The maximum atomic E-state index is 11.7. The van der Waals surface area contributed by atoms with Gasteiger partial charge in [-0.1, -0.05) is 23.4 Å². The van der Waals surface area contributed by atoms with E-state index in [0.717, 1.165) is 5.06 Å². The van der Waals surface area contributed by atoms with Crippen LogP contribution in [0.2, 0.25) is 0 Å². The summed E-state index contributed by atoms with van der Waals surface area (Å²) in [5.41, 5.74) is -0.657. The Hall–Kier alpha value is -1.35. The van der Waals surface area contributed by atoms with Gasteiger partial charge in [-0.2, -0.15) is 0 Å². The Balaban J connectivity index is 3.22. The second kappa shape index (κ2) is 3.80. The van der Waals surface area contributed by atoms with Crippen LogP contribution < -0.4 is 10.5 Å². The molecular weight excluding hydrogens is 178 g/mol. The second-order valence-corrected chi connectivity index (χ2v) is 4.13. The van der Waals surface area contributed by atoms with Crippen molar-refractivity contribution in [3.63, 3.8) is 0 Å². The van der Waals surface area contributed by atoms with Crippen LogP contribution in [0.1, 0.15) is 20.8 Å². The molecule has 0 atom stereocenters. The smallest absolute Gasteiger partial charge is 0.204 e. The Labute approximate surface area is 83.6 Å². The summed E-state index contributed by atoms with van der Waals surface area (Å²) in [7, 11) is 0. The molecule has 0 amide bonds. The van der Waals surface area contributed by atoms with Crippen molar-refractivity contribution in [1.82, 2.24) is 0 Å². The third-order valence-corrected chi connectivity index (χ3v) is 1.80. The lowest BCUT2D eigenvalue weighted by Crippen LogP contribution is -2.39. The summed E-state index contributed by atoms with van der Waals surface area (Å²) in [6.45, 7) is 5.31. The lowest BCUT2D eigenvalue weighted by Gasteiger charge is -2.27. The number of hydrogen-bond donors (Lipinski definition) is 0. The van der Waals surface area contributed by atoms with Crippen LogP contribution in [0.3, 0.4) is 0 Å². The molecule has 0 aliphatic heterocycles. The minimum atomic E-state index is -0.590. The predicted octanol–water partition coefficient (Wildman–Crippen LogP) is 2.00. The average molecular weight is 192 g/mol. The van der Waals surface area contributed by atoms with E-state index in [4.69, 9.17) is 0 Å².